The third-order valence-corrected chi connectivity index (χ3v) is 7.46. The van der Waals surface area contributed by atoms with Crippen LogP contribution in [0.2, 0.25) is 0 Å². The average Bonchev–Trinajstić information content (AvgIpc) is 3.05. The molecular formula is C21H28N4O4S. The first-order chi connectivity index (χ1) is 14.3. The van der Waals surface area contributed by atoms with Crippen molar-refractivity contribution >= 4 is 22.0 Å². The standard InChI is InChI=1S/C21H28N4O4S/c1-5-25-17(3)21(16(2)22-25)30(27,28)24-14-12-23(13-15-24)20(26)11-10-18-8-6-7-9-19(18)29-4/h6-11H,5,12-15H2,1-4H3/b11-10+. The Morgan fingerprint density at radius 1 is 1.17 bits per heavy atom. The van der Waals surface area contributed by atoms with Gasteiger partial charge in [-0.25, -0.2) is 8.42 Å². The number of nitrogens with zero attached hydrogens (tertiary/aromatic N) is 4. The second-order valence-corrected chi connectivity index (χ2v) is 9.00. The van der Waals surface area contributed by atoms with Gasteiger partial charge < -0.3 is 9.64 Å². The maximum Gasteiger partial charge on any atom is 0.246 e. The smallest absolute Gasteiger partial charge is 0.246 e. The first-order valence-corrected chi connectivity index (χ1v) is 11.4. The molecule has 0 N–H and O–H groups in total. The molecule has 162 valence electrons. The molecule has 1 aromatic heterocycles. The van der Waals surface area contributed by atoms with Gasteiger partial charge in [-0.2, -0.15) is 9.40 Å². The third kappa shape index (κ3) is 4.27. The fourth-order valence-electron chi connectivity index (χ4n) is 3.71. The summed E-state index contributed by atoms with van der Waals surface area (Å²) >= 11 is 0. The molecule has 1 aliphatic rings. The molecule has 0 unspecified atom stereocenters. The Kier molecular flexibility index (Phi) is 6.62. The Balaban J connectivity index is 1.68. The first kappa shape index (κ1) is 22.0. The van der Waals surface area contributed by atoms with Gasteiger partial charge in [0.15, 0.2) is 0 Å². The molecule has 1 aromatic carbocycles. The van der Waals surface area contributed by atoms with Crippen LogP contribution in [0.15, 0.2) is 35.2 Å². The molecule has 0 radical (unpaired) electrons. The molecule has 2 aromatic rings. The highest BCUT2D eigenvalue weighted by molar-refractivity contribution is 7.89. The summed E-state index contributed by atoms with van der Waals surface area (Å²) in [6.45, 7) is 7.23. The molecular weight excluding hydrogens is 404 g/mol. The second-order valence-electron chi connectivity index (χ2n) is 7.12. The number of hydrogen-bond acceptors (Lipinski definition) is 5. The monoisotopic (exact) mass is 432 g/mol. The molecule has 1 amide bonds. The Labute approximate surface area is 177 Å². The van der Waals surface area contributed by atoms with Crippen LogP contribution in [0.25, 0.3) is 6.08 Å². The van der Waals surface area contributed by atoms with E-state index >= 15 is 0 Å². The third-order valence-electron chi connectivity index (χ3n) is 5.31. The molecule has 0 saturated carbocycles. The van der Waals surface area contributed by atoms with Gasteiger partial charge in [0, 0.05) is 44.4 Å². The van der Waals surface area contributed by atoms with Gasteiger partial charge in [-0.05, 0) is 32.9 Å². The summed E-state index contributed by atoms with van der Waals surface area (Å²) in [7, 11) is -2.06. The van der Waals surface area contributed by atoms with Crippen LogP contribution in [0.3, 0.4) is 0 Å². The predicted molar refractivity (Wildman–Crippen MR) is 115 cm³/mol. The predicted octanol–water partition coefficient (Wildman–Crippen LogP) is 2.07. The Morgan fingerprint density at radius 2 is 1.83 bits per heavy atom. The number of carbonyl (C=O) groups is 1. The number of aryl methyl sites for hydroxylation is 2. The van der Waals surface area contributed by atoms with Gasteiger partial charge in [0.1, 0.15) is 10.6 Å². The molecule has 30 heavy (non-hydrogen) atoms. The number of hydrogen-bond donors (Lipinski definition) is 0. The van der Waals surface area contributed by atoms with Crippen molar-refractivity contribution in [2.45, 2.75) is 32.2 Å². The van der Waals surface area contributed by atoms with Crippen LogP contribution in [-0.4, -0.2) is 66.6 Å². The van der Waals surface area contributed by atoms with E-state index < -0.39 is 10.0 Å². The number of benzene rings is 1. The molecule has 3 rings (SSSR count). The van der Waals surface area contributed by atoms with Crippen LogP contribution in [0.5, 0.6) is 5.75 Å². The minimum absolute atomic E-state index is 0.149. The fourth-order valence-corrected chi connectivity index (χ4v) is 5.51. The minimum atomic E-state index is -3.65. The maximum absolute atomic E-state index is 13.2. The van der Waals surface area contributed by atoms with E-state index in [1.807, 2.05) is 31.2 Å². The molecule has 8 nitrogen and oxygen atoms in total. The van der Waals surface area contributed by atoms with E-state index in [0.29, 0.717) is 36.8 Å². The van der Waals surface area contributed by atoms with Gasteiger partial charge in [0.25, 0.3) is 0 Å². The lowest BCUT2D eigenvalue weighted by atomic mass is 10.2. The first-order valence-electron chi connectivity index (χ1n) is 9.93. The van der Waals surface area contributed by atoms with Crippen molar-refractivity contribution in [2.24, 2.45) is 0 Å². The highest BCUT2D eigenvalue weighted by Crippen LogP contribution is 2.25. The van der Waals surface area contributed by atoms with Gasteiger partial charge in [-0.1, -0.05) is 18.2 Å². The zero-order chi connectivity index (χ0) is 21.9. The number of para-hydroxylation sites is 1. The topological polar surface area (TPSA) is 84.7 Å². The number of methoxy groups -OCH3 is 1. The van der Waals surface area contributed by atoms with Crippen molar-refractivity contribution in [1.82, 2.24) is 19.0 Å². The lowest BCUT2D eigenvalue weighted by Gasteiger charge is -2.33. The minimum Gasteiger partial charge on any atom is -0.496 e. The molecule has 0 aliphatic carbocycles. The van der Waals surface area contributed by atoms with Crippen molar-refractivity contribution in [2.75, 3.05) is 33.3 Å². The summed E-state index contributed by atoms with van der Waals surface area (Å²) in [5.41, 5.74) is 1.97. The van der Waals surface area contributed by atoms with Crippen LogP contribution in [-0.2, 0) is 21.4 Å². The van der Waals surface area contributed by atoms with E-state index in [2.05, 4.69) is 5.10 Å². The molecule has 0 bridgehead atoms. The lowest BCUT2D eigenvalue weighted by Crippen LogP contribution is -2.50. The van der Waals surface area contributed by atoms with Crippen LogP contribution in [0.4, 0.5) is 0 Å². The van der Waals surface area contributed by atoms with E-state index in [1.54, 1.807) is 36.6 Å². The maximum atomic E-state index is 13.2. The number of sulfonamides is 1. The number of rotatable bonds is 6. The summed E-state index contributed by atoms with van der Waals surface area (Å²) < 4.78 is 34.7. The van der Waals surface area contributed by atoms with Crippen LogP contribution in [0.1, 0.15) is 23.9 Å². The number of carbonyl (C=O) groups excluding carboxylic acids is 1. The van der Waals surface area contributed by atoms with E-state index in [9.17, 15) is 13.2 Å². The Bertz CT molecular complexity index is 1050. The largest absolute Gasteiger partial charge is 0.496 e. The fraction of sp³-hybridized carbons (Fsp3) is 0.429. The Hall–Kier alpha value is -2.65. The molecule has 1 saturated heterocycles. The molecule has 1 fully saturated rings. The average molecular weight is 433 g/mol. The van der Waals surface area contributed by atoms with Crippen molar-refractivity contribution in [3.05, 3.63) is 47.3 Å². The SMILES string of the molecule is CCn1nc(C)c(S(=O)(=O)N2CCN(C(=O)/C=C/c3ccccc3OC)CC2)c1C. The van der Waals surface area contributed by atoms with Crippen LogP contribution in [0, 0.1) is 13.8 Å². The second kappa shape index (κ2) is 9.01. The van der Waals surface area contributed by atoms with Gasteiger partial charge in [0.05, 0.1) is 18.5 Å². The van der Waals surface area contributed by atoms with E-state index in [-0.39, 0.29) is 23.9 Å². The van der Waals surface area contributed by atoms with Crippen molar-refractivity contribution in [3.63, 3.8) is 0 Å². The van der Waals surface area contributed by atoms with Gasteiger partial charge in [-0.15, -0.1) is 0 Å². The van der Waals surface area contributed by atoms with Gasteiger partial charge in [-0.3, -0.25) is 9.48 Å². The van der Waals surface area contributed by atoms with Crippen LogP contribution < -0.4 is 4.74 Å². The van der Waals surface area contributed by atoms with Crippen molar-refractivity contribution in [3.8, 4) is 5.75 Å². The van der Waals surface area contributed by atoms with E-state index in [1.165, 1.54) is 10.4 Å². The molecule has 1 aliphatic heterocycles. The molecule has 0 spiro atoms. The van der Waals surface area contributed by atoms with Gasteiger partial charge >= 0.3 is 0 Å². The summed E-state index contributed by atoms with van der Waals surface area (Å²) in [6, 6.07) is 7.44. The van der Waals surface area contributed by atoms with Crippen molar-refractivity contribution < 1.29 is 17.9 Å². The Morgan fingerprint density at radius 3 is 2.43 bits per heavy atom. The number of piperazine rings is 1. The van der Waals surface area contributed by atoms with Crippen molar-refractivity contribution in [1.29, 1.82) is 0 Å². The lowest BCUT2D eigenvalue weighted by molar-refractivity contribution is -0.127. The summed E-state index contributed by atoms with van der Waals surface area (Å²) in [5.74, 6) is 0.542. The number of ether oxygens (including phenoxy) is 1. The normalized spacial score (nSPS) is 15.7. The summed E-state index contributed by atoms with van der Waals surface area (Å²) in [6.07, 6.45) is 3.22. The zero-order valence-corrected chi connectivity index (χ0v) is 18.6. The summed E-state index contributed by atoms with van der Waals surface area (Å²) in [5, 5.41) is 4.33. The van der Waals surface area contributed by atoms with E-state index in [4.69, 9.17) is 4.74 Å². The zero-order valence-electron chi connectivity index (χ0n) is 17.8. The highest BCUT2D eigenvalue weighted by atomic mass is 32.2. The number of aromatic nitrogens is 2. The molecule has 9 heteroatoms. The molecule has 2 heterocycles. The van der Waals surface area contributed by atoms with Crippen LogP contribution >= 0.6 is 0 Å². The van der Waals surface area contributed by atoms with E-state index in [0.717, 1.165) is 5.56 Å². The summed E-state index contributed by atoms with van der Waals surface area (Å²) in [4.78, 5) is 14.5. The molecule has 0 atom stereocenters. The number of amides is 1. The van der Waals surface area contributed by atoms with Gasteiger partial charge in [0.2, 0.25) is 15.9 Å². The quantitative estimate of drug-likeness (QED) is 0.653. The highest BCUT2D eigenvalue weighted by Gasteiger charge is 2.33.